The number of nitrogens with zero attached hydrogens (tertiary/aromatic N) is 1. The summed E-state index contributed by atoms with van der Waals surface area (Å²) in [7, 11) is 0. The number of hydrogen-bond donors (Lipinski definition) is 2. The van der Waals surface area contributed by atoms with Crippen LogP contribution in [-0.2, 0) is 4.79 Å². The predicted octanol–water partition coefficient (Wildman–Crippen LogP) is 2.43. The molecule has 1 aliphatic heterocycles. The summed E-state index contributed by atoms with van der Waals surface area (Å²) in [5.41, 5.74) is 1.21. The van der Waals surface area contributed by atoms with Crippen molar-refractivity contribution in [3.63, 3.8) is 0 Å². The van der Waals surface area contributed by atoms with E-state index in [2.05, 4.69) is 17.2 Å². The molecule has 1 unspecified atom stereocenters. The summed E-state index contributed by atoms with van der Waals surface area (Å²) in [5, 5.41) is 5.35. The Morgan fingerprint density at radius 1 is 1.50 bits per heavy atom. The van der Waals surface area contributed by atoms with Crippen LogP contribution in [0, 0.1) is 12.7 Å². The first kappa shape index (κ1) is 16.0. The standard InChI is InChI=1S/C16H20FN3O2/c1-3-15(21)20-8-4-5-13(20)10-18-16(22)19-14-9-12(17)7-6-11(14)2/h3,6-7,9,13H,1,4-5,8,10H2,2H3,(H2,18,19,22). The van der Waals surface area contributed by atoms with Gasteiger partial charge in [-0.2, -0.15) is 0 Å². The van der Waals surface area contributed by atoms with Gasteiger partial charge in [0.2, 0.25) is 5.91 Å². The first-order valence-corrected chi connectivity index (χ1v) is 7.25. The first-order valence-electron chi connectivity index (χ1n) is 7.25. The molecule has 22 heavy (non-hydrogen) atoms. The summed E-state index contributed by atoms with van der Waals surface area (Å²) < 4.78 is 13.2. The van der Waals surface area contributed by atoms with E-state index in [-0.39, 0.29) is 11.9 Å². The van der Waals surface area contributed by atoms with Crippen molar-refractivity contribution in [3.05, 3.63) is 42.2 Å². The van der Waals surface area contributed by atoms with Crippen molar-refractivity contribution in [2.45, 2.75) is 25.8 Å². The maximum atomic E-state index is 13.2. The van der Waals surface area contributed by atoms with Crippen LogP contribution < -0.4 is 10.6 Å². The Balaban J connectivity index is 1.89. The summed E-state index contributed by atoms with van der Waals surface area (Å²) in [6.45, 7) is 6.31. The third kappa shape index (κ3) is 3.84. The molecule has 2 N–H and O–H groups in total. The van der Waals surface area contributed by atoms with Gasteiger partial charge in [-0.05, 0) is 43.5 Å². The second kappa shape index (κ2) is 7.06. The van der Waals surface area contributed by atoms with Crippen LogP contribution in [0.5, 0.6) is 0 Å². The monoisotopic (exact) mass is 305 g/mol. The van der Waals surface area contributed by atoms with Crippen LogP contribution in [-0.4, -0.2) is 36.0 Å². The Kier molecular flexibility index (Phi) is 5.14. The highest BCUT2D eigenvalue weighted by Gasteiger charge is 2.27. The van der Waals surface area contributed by atoms with Crippen molar-refractivity contribution < 1.29 is 14.0 Å². The van der Waals surface area contributed by atoms with E-state index in [1.165, 1.54) is 18.2 Å². The van der Waals surface area contributed by atoms with Gasteiger partial charge in [0.1, 0.15) is 5.82 Å². The molecule has 6 heteroatoms. The topological polar surface area (TPSA) is 61.4 Å². The van der Waals surface area contributed by atoms with E-state index in [1.807, 2.05) is 0 Å². The smallest absolute Gasteiger partial charge is 0.319 e. The van der Waals surface area contributed by atoms with Gasteiger partial charge in [0.25, 0.3) is 0 Å². The molecule has 1 saturated heterocycles. The van der Waals surface area contributed by atoms with Gasteiger partial charge in [-0.1, -0.05) is 12.6 Å². The van der Waals surface area contributed by atoms with Crippen molar-refractivity contribution in [2.75, 3.05) is 18.4 Å². The Morgan fingerprint density at radius 2 is 2.27 bits per heavy atom. The highest BCUT2D eigenvalue weighted by atomic mass is 19.1. The number of nitrogens with one attached hydrogen (secondary N) is 2. The van der Waals surface area contributed by atoms with Gasteiger partial charge in [-0.3, -0.25) is 4.79 Å². The fourth-order valence-corrected chi connectivity index (χ4v) is 2.56. The average molecular weight is 305 g/mol. The molecule has 1 fully saturated rings. The highest BCUT2D eigenvalue weighted by molar-refractivity contribution is 5.90. The number of likely N-dealkylation sites (tertiary alicyclic amines) is 1. The molecule has 1 aliphatic rings. The fraction of sp³-hybridized carbons (Fsp3) is 0.375. The number of aryl methyl sites for hydroxylation is 1. The maximum Gasteiger partial charge on any atom is 0.319 e. The number of anilines is 1. The van der Waals surface area contributed by atoms with Gasteiger partial charge in [-0.15, -0.1) is 0 Å². The third-order valence-corrected chi connectivity index (χ3v) is 3.78. The molecule has 0 radical (unpaired) electrons. The Bertz CT molecular complexity index is 589. The third-order valence-electron chi connectivity index (χ3n) is 3.78. The molecule has 1 atom stereocenters. The van der Waals surface area contributed by atoms with Crippen LogP contribution in [0.15, 0.2) is 30.9 Å². The van der Waals surface area contributed by atoms with Gasteiger partial charge >= 0.3 is 6.03 Å². The molecule has 0 spiro atoms. The van der Waals surface area contributed by atoms with Crippen LogP contribution in [0.3, 0.4) is 0 Å². The van der Waals surface area contributed by atoms with Crippen LogP contribution in [0.2, 0.25) is 0 Å². The van der Waals surface area contributed by atoms with Crippen molar-refractivity contribution in [1.82, 2.24) is 10.2 Å². The van der Waals surface area contributed by atoms with E-state index in [0.29, 0.717) is 18.8 Å². The fourth-order valence-electron chi connectivity index (χ4n) is 2.56. The number of carbonyl (C=O) groups excluding carboxylic acids is 2. The van der Waals surface area contributed by atoms with Gasteiger partial charge in [0.15, 0.2) is 0 Å². The molecule has 3 amide bonds. The number of benzene rings is 1. The maximum absolute atomic E-state index is 13.2. The molecular formula is C16H20FN3O2. The predicted molar refractivity (Wildman–Crippen MR) is 83.1 cm³/mol. The molecule has 0 bridgehead atoms. The van der Waals surface area contributed by atoms with E-state index in [9.17, 15) is 14.0 Å². The van der Waals surface area contributed by atoms with E-state index in [4.69, 9.17) is 0 Å². The summed E-state index contributed by atoms with van der Waals surface area (Å²) in [5.74, 6) is -0.523. The van der Waals surface area contributed by atoms with E-state index >= 15 is 0 Å². The number of urea groups is 1. The molecule has 1 aromatic carbocycles. The number of amides is 3. The number of hydrogen-bond acceptors (Lipinski definition) is 2. The Labute approximate surface area is 129 Å². The number of halogens is 1. The number of rotatable bonds is 4. The Morgan fingerprint density at radius 3 is 3.00 bits per heavy atom. The minimum atomic E-state index is -0.411. The molecule has 2 rings (SSSR count). The van der Waals surface area contributed by atoms with E-state index < -0.39 is 11.8 Å². The summed E-state index contributed by atoms with van der Waals surface area (Å²) in [6.07, 6.45) is 3.05. The van der Waals surface area contributed by atoms with E-state index in [1.54, 1.807) is 17.9 Å². The van der Waals surface area contributed by atoms with Crippen molar-refractivity contribution in [3.8, 4) is 0 Å². The lowest BCUT2D eigenvalue weighted by molar-refractivity contribution is -0.126. The highest BCUT2D eigenvalue weighted by Crippen LogP contribution is 2.18. The molecule has 0 saturated carbocycles. The lowest BCUT2D eigenvalue weighted by Gasteiger charge is -2.23. The largest absolute Gasteiger partial charge is 0.336 e. The van der Waals surface area contributed by atoms with Crippen LogP contribution in [0.4, 0.5) is 14.9 Å². The minimum Gasteiger partial charge on any atom is -0.336 e. The minimum absolute atomic E-state index is 0.0233. The van der Waals surface area contributed by atoms with Crippen LogP contribution in [0.25, 0.3) is 0 Å². The van der Waals surface area contributed by atoms with Gasteiger partial charge in [-0.25, -0.2) is 9.18 Å². The SMILES string of the molecule is C=CC(=O)N1CCCC1CNC(=O)Nc1cc(F)ccc1C. The summed E-state index contributed by atoms with van der Waals surface area (Å²) >= 11 is 0. The second-order valence-electron chi connectivity index (χ2n) is 5.33. The molecule has 5 nitrogen and oxygen atoms in total. The second-order valence-corrected chi connectivity index (χ2v) is 5.33. The number of carbonyl (C=O) groups is 2. The first-order chi connectivity index (χ1) is 10.5. The zero-order valence-electron chi connectivity index (χ0n) is 12.6. The van der Waals surface area contributed by atoms with Crippen molar-refractivity contribution in [2.24, 2.45) is 0 Å². The van der Waals surface area contributed by atoms with Gasteiger partial charge in [0.05, 0.1) is 0 Å². The molecule has 0 aliphatic carbocycles. The zero-order valence-corrected chi connectivity index (χ0v) is 12.6. The molecule has 1 heterocycles. The Hall–Kier alpha value is -2.37. The van der Waals surface area contributed by atoms with Crippen LogP contribution in [0.1, 0.15) is 18.4 Å². The molecule has 0 aromatic heterocycles. The lowest BCUT2D eigenvalue weighted by atomic mass is 10.2. The van der Waals surface area contributed by atoms with Crippen molar-refractivity contribution >= 4 is 17.6 Å². The average Bonchev–Trinajstić information content (AvgIpc) is 2.96. The molecule has 118 valence electrons. The van der Waals surface area contributed by atoms with Crippen molar-refractivity contribution in [1.29, 1.82) is 0 Å². The van der Waals surface area contributed by atoms with Crippen LogP contribution >= 0.6 is 0 Å². The quantitative estimate of drug-likeness (QED) is 0.839. The normalized spacial score (nSPS) is 17.2. The van der Waals surface area contributed by atoms with E-state index in [0.717, 1.165) is 18.4 Å². The zero-order chi connectivity index (χ0) is 16.1. The molecular weight excluding hydrogens is 285 g/mol. The van der Waals surface area contributed by atoms with Gasteiger partial charge in [0, 0.05) is 24.8 Å². The summed E-state index contributed by atoms with van der Waals surface area (Å²) in [6, 6.07) is 3.79. The lowest BCUT2D eigenvalue weighted by Crippen LogP contribution is -2.43. The van der Waals surface area contributed by atoms with Gasteiger partial charge < -0.3 is 15.5 Å². The summed E-state index contributed by atoms with van der Waals surface area (Å²) in [4.78, 5) is 25.3. The molecule has 1 aromatic rings.